The van der Waals surface area contributed by atoms with E-state index in [1.807, 2.05) is 38.4 Å². The fraction of sp³-hybridized carbons (Fsp3) is 0.500. The first-order valence-electron chi connectivity index (χ1n) is 7.51. The Morgan fingerprint density at radius 3 is 2.95 bits per heavy atom. The molecule has 0 radical (unpaired) electrons. The summed E-state index contributed by atoms with van der Waals surface area (Å²) in [5.41, 5.74) is 7.20. The van der Waals surface area contributed by atoms with Gasteiger partial charge in [0, 0.05) is 12.1 Å². The molecule has 1 fully saturated rings. The number of fused-ring (bicyclic) bond motifs is 1. The van der Waals surface area contributed by atoms with Crippen molar-refractivity contribution in [3.63, 3.8) is 0 Å². The zero-order valence-corrected chi connectivity index (χ0v) is 12.5. The number of carbonyl (C=O) groups excluding carboxylic acids is 1. The normalized spacial score (nSPS) is 25.8. The first-order chi connectivity index (χ1) is 10.0. The van der Waals surface area contributed by atoms with Crippen molar-refractivity contribution in [3.8, 4) is 0 Å². The third-order valence-corrected chi connectivity index (χ3v) is 4.40. The molecule has 0 bridgehead atoms. The second kappa shape index (κ2) is 5.15. The fourth-order valence-corrected chi connectivity index (χ4v) is 3.50. The number of rotatable bonds is 4. The zero-order chi connectivity index (χ0) is 15.0. The Hall–Kier alpha value is -1.88. The minimum atomic E-state index is -0.593. The Labute approximate surface area is 124 Å². The monoisotopic (exact) mass is 286 g/mol. The van der Waals surface area contributed by atoms with Crippen molar-refractivity contribution in [1.29, 1.82) is 0 Å². The Bertz CT molecular complexity index is 663. The fourth-order valence-electron chi connectivity index (χ4n) is 3.50. The van der Waals surface area contributed by atoms with Crippen LogP contribution in [0, 0.1) is 0 Å². The molecule has 0 spiro atoms. The minimum Gasteiger partial charge on any atom is -0.368 e. The molecule has 0 aliphatic heterocycles. The molecular weight excluding hydrogens is 264 g/mol. The average molecular weight is 286 g/mol. The summed E-state index contributed by atoms with van der Waals surface area (Å²) in [4.78, 5) is 16.4. The second-order valence-corrected chi connectivity index (χ2v) is 6.28. The highest BCUT2D eigenvalue weighted by Crippen LogP contribution is 2.39. The van der Waals surface area contributed by atoms with E-state index in [0.717, 1.165) is 30.3 Å². The van der Waals surface area contributed by atoms with Crippen molar-refractivity contribution >= 4 is 16.9 Å². The highest BCUT2D eigenvalue weighted by atomic mass is 16.1. The van der Waals surface area contributed by atoms with Gasteiger partial charge in [0.05, 0.1) is 22.9 Å². The van der Waals surface area contributed by atoms with Gasteiger partial charge in [-0.3, -0.25) is 4.79 Å². The van der Waals surface area contributed by atoms with E-state index < -0.39 is 5.54 Å². The zero-order valence-electron chi connectivity index (χ0n) is 12.5. The molecule has 2 unspecified atom stereocenters. The number of nitrogens with zero attached hydrogens (tertiary/aromatic N) is 2. The van der Waals surface area contributed by atoms with Gasteiger partial charge in [-0.2, -0.15) is 0 Å². The van der Waals surface area contributed by atoms with Gasteiger partial charge < -0.3 is 15.6 Å². The van der Waals surface area contributed by atoms with Gasteiger partial charge in [0.2, 0.25) is 5.91 Å². The van der Waals surface area contributed by atoms with Crippen LogP contribution in [0.15, 0.2) is 30.6 Å². The van der Waals surface area contributed by atoms with Crippen molar-refractivity contribution in [3.05, 3.63) is 30.6 Å². The molecule has 2 atom stereocenters. The predicted molar refractivity (Wildman–Crippen MR) is 82.8 cm³/mol. The van der Waals surface area contributed by atoms with E-state index in [0.29, 0.717) is 0 Å². The molecule has 3 N–H and O–H groups in total. The maximum absolute atomic E-state index is 12.0. The van der Waals surface area contributed by atoms with E-state index in [4.69, 9.17) is 5.73 Å². The van der Waals surface area contributed by atoms with Crippen molar-refractivity contribution < 1.29 is 4.79 Å². The number of nitrogens with one attached hydrogen (secondary N) is 1. The van der Waals surface area contributed by atoms with Crippen LogP contribution in [0.4, 0.5) is 0 Å². The Morgan fingerprint density at radius 1 is 1.48 bits per heavy atom. The molecule has 0 saturated heterocycles. The quantitative estimate of drug-likeness (QED) is 0.902. The van der Waals surface area contributed by atoms with Crippen molar-refractivity contribution in [1.82, 2.24) is 14.9 Å². The number of hydrogen-bond acceptors (Lipinski definition) is 3. The molecule has 2 aromatic rings. The van der Waals surface area contributed by atoms with Gasteiger partial charge in [-0.15, -0.1) is 0 Å². The van der Waals surface area contributed by atoms with E-state index in [2.05, 4.69) is 20.9 Å². The van der Waals surface area contributed by atoms with Crippen molar-refractivity contribution in [2.24, 2.45) is 5.73 Å². The number of aromatic nitrogens is 2. The van der Waals surface area contributed by atoms with Crippen molar-refractivity contribution in [2.45, 2.75) is 50.7 Å². The molecule has 5 heteroatoms. The van der Waals surface area contributed by atoms with Gasteiger partial charge in [0.25, 0.3) is 0 Å². The van der Waals surface area contributed by atoms with Gasteiger partial charge in [-0.25, -0.2) is 4.98 Å². The lowest BCUT2D eigenvalue weighted by Crippen LogP contribution is -2.56. The average Bonchev–Trinajstić information content (AvgIpc) is 3.02. The van der Waals surface area contributed by atoms with Gasteiger partial charge in [-0.1, -0.05) is 12.1 Å². The van der Waals surface area contributed by atoms with Crippen LogP contribution in [0.3, 0.4) is 0 Å². The Morgan fingerprint density at radius 2 is 2.24 bits per heavy atom. The number of imidazole rings is 1. The van der Waals surface area contributed by atoms with Gasteiger partial charge in [0.1, 0.15) is 0 Å². The van der Waals surface area contributed by atoms with Gasteiger partial charge >= 0.3 is 0 Å². The number of carbonyl (C=O) groups is 1. The van der Waals surface area contributed by atoms with Crippen LogP contribution >= 0.6 is 0 Å². The lowest BCUT2D eigenvalue weighted by Gasteiger charge is -2.29. The summed E-state index contributed by atoms with van der Waals surface area (Å²) in [6, 6.07) is 8.58. The summed E-state index contributed by atoms with van der Waals surface area (Å²) in [6.07, 6.45) is 4.31. The number of benzene rings is 1. The maximum atomic E-state index is 12.0. The van der Waals surface area contributed by atoms with Crippen LogP contribution in [0.25, 0.3) is 11.0 Å². The molecule has 1 saturated carbocycles. The summed E-state index contributed by atoms with van der Waals surface area (Å²) in [6.45, 7) is 4.09. The second-order valence-electron chi connectivity index (χ2n) is 6.28. The van der Waals surface area contributed by atoms with Gasteiger partial charge in [-0.05, 0) is 45.2 Å². The predicted octanol–water partition coefficient (Wildman–Crippen LogP) is 1.98. The molecule has 1 aromatic heterocycles. The Kier molecular flexibility index (Phi) is 3.45. The van der Waals surface area contributed by atoms with Gasteiger partial charge in [0.15, 0.2) is 0 Å². The smallest absolute Gasteiger partial charge is 0.237 e. The number of hydrogen-bond donors (Lipinski definition) is 2. The number of primary amides is 1. The van der Waals surface area contributed by atoms with E-state index in [1.54, 1.807) is 0 Å². The molecule has 1 heterocycles. The molecule has 1 amide bonds. The summed E-state index contributed by atoms with van der Waals surface area (Å²) in [7, 11) is 0. The first kappa shape index (κ1) is 14.1. The third kappa shape index (κ3) is 2.42. The maximum Gasteiger partial charge on any atom is 0.237 e. The van der Waals surface area contributed by atoms with Crippen molar-refractivity contribution in [2.75, 3.05) is 0 Å². The molecule has 3 rings (SSSR count). The lowest BCUT2D eigenvalue weighted by atomic mass is 9.95. The molecular formula is C16H22N4O. The summed E-state index contributed by atoms with van der Waals surface area (Å²) >= 11 is 0. The highest BCUT2D eigenvalue weighted by molar-refractivity contribution is 5.85. The highest BCUT2D eigenvalue weighted by Gasteiger charge is 2.45. The minimum absolute atomic E-state index is 0.232. The summed E-state index contributed by atoms with van der Waals surface area (Å²) in [5.74, 6) is -0.247. The van der Waals surface area contributed by atoms with Crippen LogP contribution < -0.4 is 11.1 Å². The molecule has 112 valence electrons. The molecule has 1 aromatic carbocycles. The van der Waals surface area contributed by atoms with E-state index >= 15 is 0 Å². The van der Waals surface area contributed by atoms with Crippen LogP contribution in [-0.4, -0.2) is 27.0 Å². The van der Waals surface area contributed by atoms with Crippen LogP contribution in [0.1, 0.15) is 39.2 Å². The standard InChI is InChI=1S/C16H22N4O/c1-11(2)19-16(15(17)21)8-7-12(9-16)20-10-18-13-5-3-4-6-14(13)20/h3-6,10-12,19H,7-9H2,1-2H3,(H2,17,21). The van der Waals surface area contributed by atoms with Crippen LogP contribution in [-0.2, 0) is 4.79 Å². The number of para-hydroxylation sites is 2. The molecule has 1 aliphatic carbocycles. The molecule has 1 aliphatic rings. The summed E-state index contributed by atoms with van der Waals surface area (Å²) in [5, 5.41) is 3.39. The molecule has 5 nitrogen and oxygen atoms in total. The van der Waals surface area contributed by atoms with E-state index in [1.165, 1.54) is 0 Å². The number of amides is 1. The summed E-state index contributed by atoms with van der Waals surface area (Å²) < 4.78 is 2.18. The van der Waals surface area contributed by atoms with Crippen LogP contribution in [0.2, 0.25) is 0 Å². The Balaban J connectivity index is 1.90. The third-order valence-electron chi connectivity index (χ3n) is 4.40. The van der Waals surface area contributed by atoms with E-state index in [-0.39, 0.29) is 18.0 Å². The molecule has 21 heavy (non-hydrogen) atoms. The largest absolute Gasteiger partial charge is 0.368 e. The lowest BCUT2D eigenvalue weighted by molar-refractivity contribution is -0.124. The topological polar surface area (TPSA) is 72.9 Å². The van der Waals surface area contributed by atoms with E-state index in [9.17, 15) is 4.79 Å². The number of nitrogens with two attached hydrogens (primary N) is 1. The first-order valence-corrected chi connectivity index (χ1v) is 7.51. The van der Waals surface area contributed by atoms with Crippen LogP contribution in [0.5, 0.6) is 0 Å². The SMILES string of the molecule is CC(C)NC1(C(N)=O)CCC(n2cnc3ccccc32)C1.